The van der Waals surface area contributed by atoms with Gasteiger partial charge >= 0.3 is 0 Å². The lowest BCUT2D eigenvalue weighted by atomic mass is 10.1. The first-order valence-corrected chi connectivity index (χ1v) is 7.84. The van der Waals surface area contributed by atoms with Crippen molar-refractivity contribution in [1.29, 1.82) is 0 Å². The largest absolute Gasteiger partial charge is 0.355 e. The fourth-order valence-electron chi connectivity index (χ4n) is 2.35. The molecule has 1 aromatic carbocycles. The Balaban J connectivity index is 1.53. The predicted molar refractivity (Wildman–Crippen MR) is 92.1 cm³/mol. The van der Waals surface area contributed by atoms with Crippen molar-refractivity contribution in [1.82, 2.24) is 20.3 Å². The molecule has 5 heteroatoms. The van der Waals surface area contributed by atoms with E-state index in [1.807, 2.05) is 48.5 Å². The summed E-state index contributed by atoms with van der Waals surface area (Å²) in [6, 6.07) is 15.6. The normalized spacial score (nSPS) is 10.3. The van der Waals surface area contributed by atoms with E-state index in [4.69, 9.17) is 0 Å². The second-order valence-corrected chi connectivity index (χ2v) is 5.36. The quantitative estimate of drug-likeness (QED) is 0.758. The van der Waals surface area contributed by atoms with Crippen molar-refractivity contribution in [2.75, 3.05) is 6.54 Å². The molecule has 3 rings (SSSR count). The number of pyridine rings is 1. The summed E-state index contributed by atoms with van der Waals surface area (Å²) in [5, 5.41) is 2.89. The Bertz CT molecular complexity index is 791. The molecule has 24 heavy (non-hydrogen) atoms. The van der Waals surface area contributed by atoms with Gasteiger partial charge in [-0.3, -0.25) is 9.78 Å². The third-order valence-corrected chi connectivity index (χ3v) is 3.53. The number of carbonyl (C=O) groups is 1. The van der Waals surface area contributed by atoms with Gasteiger partial charge in [0.1, 0.15) is 5.82 Å². The van der Waals surface area contributed by atoms with Crippen LogP contribution in [0.4, 0.5) is 0 Å². The molecule has 1 amide bonds. The van der Waals surface area contributed by atoms with Crippen molar-refractivity contribution in [2.24, 2.45) is 0 Å². The van der Waals surface area contributed by atoms with Crippen molar-refractivity contribution < 1.29 is 4.79 Å². The van der Waals surface area contributed by atoms with E-state index in [1.54, 1.807) is 18.6 Å². The summed E-state index contributed by atoms with van der Waals surface area (Å²) >= 11 is 0. The highest BCUT2D eigenvalue weighted by atomic mass is 16.1. The summed E-state index contributed by atoms with van der Waals surface area (Å²) in [7, 11) is 0. The zero-order chi connectivity index (χ0) is 16.6. The number of hydrogen-bond acceptors (Lipinski definition) is 4. The summed E-state index contributed by atoms with van der Waals surface area (Å²) in [5.74, 6) is 0.695. The lowest BCUT2D eigenvalue weighted by Gasteiger charge is -2.06. The predicted octanol–water partition coefficient (Wildman–Crippen LogP) is 2.44. The molecule has 2 heterocycles. The Morgan fingerprint density at radius 3 is 2.67 bits per heavy atom. The van der Waals surface area contributed by atoms with Crippen LogP contribution in [0.1, 0.15) is 11.4 Å². The van der Waals surface area contributed by atoms with E-state index in [2.05, 4.69) is 20.3 Å². The summed E-state index contributed by atoms with van der Waals surface area (Å²) in [6.45, 7) is 0.511. The van der Waals surface area contributed by atoms with Gasteiger partial charge in [-0.25, -0.2) is 9.97 Å². The highest BCUT2D eigenvalue weighted by molar-refractivity contribution is 5.78. The van der Waals surface area contributed by atoms with Gasteiger partial charge in [0.15, 0.2) is 0 Å². The van der Waals surface area contributed by atoms with Crippen molar-refractivity contribution in [3.05, 3.63) is 78.5 Å². The van der Waals surface area contributed by atoms with Crippen molar-refractivity contribution >= 4 is 5.91 Å². The number of rotatable bonds is 6. The third kappa shape index (κ3) is 4.46. The second kappa shape index (κ2) is 7.97. The Hall–Kier alpha value is -3.08. The maximum absolute atomic E-state index is 11.9. The standard InChI is InChI=1S/C19H18N4O/c24-19(13-15-5-4-10-20-14-15)22-12-9-18-21-11-8-17(23-18)16-6-2-1-3-7-16/h1-8,10-11,14H,9,12-13H2,(H,22,24). The van der Waals surface area contributed by atoms with E-state index < -0.39 is 0 Å². The SMILES string of the molecule is O=C(Cc1cccnc1)NCCc1nccc(-c2ccccc2)n1. The molecule has 1 N–H and O–H groups in total. The molecule has 0 aliphatic heterocycles. The average Bonchev–Trinajstić information content (AvgIpc) is 2.63. The molecule has 0 bridgehead atoms. The minimum atomic E-state index is -0.0257. The Kier molecular flexibility index (Phi) is 5.24. The van der Waals surface area contributed by atoms with Crippen molar-refractivity contribution in [3.8, 4) is 11.3 Å². The van der Waals surface area contributed by atoms with Crippen LogP contribution < -0.4 is 5.32 Å². The molecule has 0 aliphatic rings. The number of aromatic nitrogens is 3. The van der Waals surface area contributed by atoms with Crippen molar-refractivity contribution in [3.63, 3.8) is 0 Å². The van der Waals surface area contributed by atoms with E-state index in [0.29, 0.717) is 19.4 Å². The monoisotopic (exact) mass is 318 g/mol. The van der Waals surface area contributed by atoms with Crippen LogP contribution in [0.2, 0.25) is 0 Å². The van der Waals surface area contributed by atoms with Crippen LogP contribution in [0.15, 0.2) is 67.1 Å². The minimum Gasteiger partial charge on any atom is -0.355 e. The molecule has 0 saturated carbocycles. The van der Waals surface area contributed by atoms with E-state index >= 15 is 0 Å². The lowest BCUT2D eigenvalue weighted by Crippen LogP contribution is -2.27. The van der Waals surface area contributed by atoms with Crippen LogP contribution in [-0.4, -0.2) is 27.4 Å². The molecular formula is C19H18N4O. The molecule has 0 aliphatic carbocycles. The van der Waals surface area contributed by atoms with Crippen molar-refractivity contribution in [2.45, 2.75) is 12.8 Å². The van der Waals surface area contributed by atoms with Gasteiger partial charge in [-0.05, 0) is 17.7 Å². The van der Waals surface area contributed by atoms with Crippen LogP contribution in [-0.2, 0) is 17.6 Å². The Morgan fingerprint density at radius 2 is 1.88 bits per heavy atom. The van der Waals surface area contributed by atoms with Crippen LogP contribution in [0.25, 0.3) is 11.3 Å². The third-order valence-electron chi connectivity index (χ3n) is 3.53. The van der Waals surface area contributed by atoms with E-state index in [9.17, 15) is 4.79 Å². The van der Waals surface area contributed by atoms with Gasteiger partial charge in [-0.15, -0.1) is 0 Å². The molecule has 0 radical (unpaired) electrons. The topological polar surface area (TPSA) is 67.8 Å². The van der Waals surface area contributed by atoms with Gasteiger partial charge in [0, 0.05) is 37.1 Å². The van der Waals surface area contributed by atoms with E-state index in [1.165, 1.54) is 0 Å². The lowest BCUT2D eigenvalue weighted by molar-refractivity contribution is -0.120. The number of nitrogens with zero attached hydrogens (tertiary/aromatic N) is 3. The second-order valence-electron chi connectivity index (χ2n) is 5.36. The van der Waals surface area contributed by atoms with Gasteiger partial charge in [-0.1, -0.05) is 36.4 Å². The fraction of sp³-hybridized carbons (Fsp3) is 0.158. The number of amides is 1. The summed E-state index contributed by atoms with van der Waals surface area (Å²) in [4.78, 5) is 24.7. The highest BCUT2D eigenvalue weighted by Gasteiger charge is 2.05. The Labute approximate surface area is 140 Å². The summed E-state index contributed by atoms with van der Waals surface area (Å²) < 4.78 is 0. The first-order valence-electron chi connectivity index (χ1n) is 7.84. The molecule has 5 nitrogen and oxygen atoms in total. The van der Waals surface area contributed by atoms with Gasteiger partial charge in [0.2, 0.25) is 5.91 Å². The van der Waals surface area contributed by atoms with Crippen LogP contribution >= 0.6 is 0 Å². The zero-order valence-electron chi connectivity index (χ0n) is 13.2. The minimum absolute atomic E-state index is 0.0257. The molecule has 0 unspecified atom stereocenters. The number of benzene rings is 1. The highest BCUT2D eigenvalue weighted by Crippen LogP contribution is 2.15. The molecular weight excluding hydrogens is 300 g/mol. The summed E-state index contributed by atoms with van der Waals surface area (Å²) in [5.41, 5.74) is 2.85. The zero-order valence-corrected chi connectivity index (χ0v) is 13.2. The Morgan fingerprint density at radius 1 is 1.00 bits per heavy atom. The van der Waals surface area contributed by atoms with Crippen LogP contribution in [0.3, 0.4) is 0 Å². The number of hydrogen-bond donors (Lipinski definition) is 1. The summed E-state index contributed by atoms with van der Waals surface area (Å²) in [6.07, 6.45) is 6.07. The molecule has 120 valence electrons. The molecule has 2 aromatic heterocycles. The molecule has 0 saturated heterocycles. The first kappa shape index (κ1) is 15.8. The van der Waals surface area contributed by atoms with Gasteiger partial charge in [0.05, 0.1) is 12.1 Å². The first-order chi connectivity index (χ1) is 11.8. The van der Waals surface area contributed by atoms with Crippen LogP contribution in [0, 0.1) is 0 Å². The van der Waals surface area contributed by atoms with Gasteiger partial charge in [0.25, 0.3) is 0 Å². The number of carbonyl (C=O) groups excluding carboxylic acids is 1. The maximum Gasteiger partial charge on any atom is 0.224 e. The van der Waals surface area contributed by atoms with Crippen LogP contribution in [0.5, 0.6) is 0 Å². The van der Waals surface area contributed by atoms with Gasteiger partial charge < -0.3 is 5.32 Å². The fourth-order valence-corrected chi connectivity index (χ4v) is 2.35. The molecule has 0 fully saturated rings. The van der Waals surface area contributed by atoms with E-state index in [-0.39, 0.29) is 5.91 Å². The molecule has 3 aromatic rings. The molecule has 0 spiro atoms. The maximum atomic E-state index is 11.9. The smallest absolute Gasteiger partial charge is 0.224 e. The molecule has 0 atom stereocenters. The number of nitrogens with one attached hydrogen (secondary N) is 1. The van der Waals surface area contributed by atoms with Gasteiger partial charge in [-0.2, -0.15) is 0 Å². The van der Waals surface area contributed by atoms with E-state index in [0.717, 1.165) is 22.6 Å². The average molecular weight is 318 g/mol.